The molecular formula is C11H15N3O5. The molecule has 1 rings (SSSR count). The number of pyridine rings is 1. The van der Waals surface area contributed by atoms with Crippen molar-refractivity contribution in [2.45, 2.75) is 12.6 Å². The minimum Gasteiger partial charge on any atom is -0.481 e. The van der Waals surface area contributed by atoms with E-state index in [9.17, 15) is 9.59 Å². The SMILES string of the molecule is COc1ccc(CNC(=O)NCC(O)C(=O)O)cn1. The Balaban J connectivity index is 2.31. The molecule has 0 aliphatic heterocycles. The van der Waals surface area contributed by atoms with Crippen molar-refractivity contribution in [3.8, 4) is 5.88 Å². The first-order valence-corrected chi connectivity index (χ1v) is 5.44. The van der Waals surface area contributed by atoms with Gasteiger partial charge < -0.3 is 25.6 Å². The molecule has 0 bridgehead atoms. The monoisotopic (exact) mass is 269 g/mol. The second kappa shape index (κ2) is 7.17. The number of hydrogen-bond acceptors (Lipinski definition) is 5. The molecule has 8 nitrogen and oxygen atoms in total. The van der Waals surface area contributed by atoms with Crippen molar-refractivity contribution < 1.29 is 24.5 Å². The normalized spacial score (nSPS) is 11.5. The van der Waals surface area contributed by atoms with E-state index >= 15 is 0 Å². The summed E-state index contributed by atoms with van der Waals surface area (Å²) < 4.78 is 4.89. The van der Waals surface area contributed by atoms with Gasteiger partial charge in [0.1, 0.15) is 0 Å². The molecule has 4 N–H and O–H groups in total. The number of rotatable bonds is 6. The summed E-state index contributed by atoms with van der Waals surface area (Å²) in [4.78, 5) is 25.6. The number of hydrogen-bond donors (Lipinski definition) is 4. The Hall–Kier alpha value is -2.35. The lowest BCUT2D eigenvalue weighted by Gasteiger charge is -2.09. The fraction of sp³-hybridized carbons (Fsp3) is 0.364. The molecule has 2 amide bonds. The topological polar surface area (TPSA) is 121 Å². The van der Waals surface area contributed by atoms with Crippen LogP contribution in [0.5, 0.6) is 5.88 Å². The number of aliphatic hydroxyl groups is 1. The van der Waals surface area contributed by atoms with Gasteiger partial charge in [0, 0.05) is 18.8 Å². The lowest BCUT2D eigenvalue weighted by Crippen LogP contribution is -2.41. The molecule has 104 valence electrons. The average molecular weight is 269 g/mol. The number of aliphatic carboxylic acids is 1. The van der Waals surface area contributed by atoms with Crippen LogP contribution < -0.4 is 15.4 Å². The van der Waals surface area contributed by atoms with Crippen LogP contribution in [0.25, 0.3) is 0 Å². The summed E-state index contributed by atoms with van der Waals surface area (Å²) in [5.74, 6) is -0.919. The highest BCUT2D eigenvalue weighted by molar-refractivity contribution is 5.76. The molecule has 8 heteroatoms. The zero-order valence-corrected chi connectivity index (χ0v) is 10.3. The van der Waals surface area contributed by atoms with Crippen LogP contribution in [-0.4, -0.2) is 47.0 Å². The van der Waals surface area contributed by atoms with Crippen LogP contribution in [0.4, 0.5) is 4.79 Å². The van der Waals surface area contributed by atoms with Gasteiger partial charge in [0.2, 0.25) is 5.88 Å². The van der Waals surface area contributed by atoms with Gasteiger partial charge in [-0.25, -0.2) is 14.6 Å². The number of amides is 2. The van der Waals surface area contributed by atoms with Crippen LogP contribution in [0, 0.1) is 0 Å². The van der Waals surface area contributed by atoms with Crippen LogP contribution in [0.3, 0.4) is 0 Å². The van der Waals surface area contributed by atoms with Crippen LogP contribution in [0.2, 0.25) is 0 Å². The number of methoxy groups -OCH3 is 1. The molecule has 0 saturated heterocycles. The summed E-state index contributed by atoms with van der Waals surface area (Å²) in [6, 6.07) is 2.82. The van der Waals surface area contributed by atoms with E-state index in [1.807, 2.05) is 0 Å². The van der Waals surface area contributed by atoms with Crippen molar-refractivity contribution in [3.05, 3.63) is 23.9 Å². The van der Waals surface area contributed by atoms with E-state index in [1.165, 1.54) is 7.11 Å². The summed E-state index contributed by atoms with van der Waals surface area (Å²) in [6.07, 6.45) is -0.0704. The summed E-state index contributed by atoms with van der Waals surface area (Å²) in [5, 5.41) is 22.1. The number of carbonyl (C=O) groups excluding carboxylic acids is 1. The highest BCUT2D eigenvalue weighted by Gasteiger charge is 2.13. The smallest absolute Gasteiger partial charge is 0.334 e. The summed E-state index contributed by atoms with van der Waals surface area (Å²) >= 11 is 0. The van der Waals surface area contributed by atoms with E-state index < -0.39 is 18.1 Å². The van der Waals surface area contributed by atoms with E-state index in [2.05, 4.69) is 15.6 Å². The minimum atomic E-state index is -1.62. The molecule has 1 atom stereocenters. The van der Waals surface area contributed by atoms with Crippen molar-refractivity contribution in [2.75, 3.05) is 13.7 Å². The van der Waals surface area contributed by atoms with Crippen molar-refractivity contribution in [2.24, 2.45) is 0 Å². The van der Waals surface area contributed by atoms with Crippen molar-refractivity contribution in [3.63, 3.8) is 0 Å². The number of ether oxygens (including phenoxy) is 1. The standard InChI is InChI=1S/C11H15N3O5/c1-19-9-3-2-7(4-12-9)5-13-11(18)14-6-8(15)10(16)17/h2-4,8,15H,5-6H2,1H3,(H,16,17)(H2,13,14,18). The first-order valence-electron chi connectivity index (χ1n) is 5.44. The number of nitrogens with zero attached hydrogens (tertiary/aromatic N) is 1. The second-order valence-corrected chi connectivity index (χ2v) is 3.63. The first-order chi connectivity index (χ1) is 9.02. The first kappa shape index (κ1) is 14.7. The van der Waals surface area contributed by atoms with E-state index in [0.29, 0.717) is 5.88 Å². The maximum Gasteiger partial charge on any atom is 0.334 e. The van der Waals surface area contributed by atoms with Crippen molar-refractivity contribution >= 4 is 12.0 Å². The number of carboxylic acid groups (broad SMARTS) is 1. The zero-order valence-electron chi connectivity index (χ0n) is 10.3. The fourth-order valence-corrected chi connectivity index (χ4v) is 1.16. The molecule has 1 aromatic heterocycles. The molecule has 1 unspecified atom stereocenters. The van der Waals surface area contributed by atoms with Crippen LogP contribution in [-0.2, 0) is 11.3 Å². The van der Waals surface area contributed by atoms with E-state index in [4.69, 9.17) is 14.9 Å². The minimum absolute atomic E-state index is 0.228. The quantitative estimate of drug-likeness (QED) is 0.544. The molecule has 0 aliphatic rings. The number of carboxylic acids is 1. The molecule has 1 heterocycles. The third-order valence-corrected chi connectivity index (χ3v) is 2.20. The third-order valence-electron chi connectivity index (χ3n) is 2.20. The Morgan fingerprint density at radius 2 is 2.16 bits per heavy atom. The van der Waals surface area contributed by atoms with Crippen LogP contribution in [0.15, 0.2) is 18.3 Å². The van der Waals surface area contributed by atoms with Gasteiger partial charge in [0.25, 0.3) is 0 Å². The van der Waals surface area contributed by atoms with Crippen LogP contribution in [0.1, 0.15) is 5.56 Å². The highest BCUT2D eigenvalue weighted by Crippen LogP contribution is 2.05. The largest absolute Gasteiger partial charge is 0.481 e. The Morgan fingerprint density at radius 3 is 2.68 bits per heavy atom. The van der Waals surface area contributed by atoms with Gasteiger partial charge in [-0.3, -0.25) is 0 Å². The highest BCUT2D eigenvalue weighted by atomic mass is 16.5. The maximum atomic E-state index is 11.3. The van der Waals surface area contributed by atoms with Gasteiger partial charge in [-0.05, 0) is 5.56 Å². The Morgan fingerprint density at radius 1 is 1.42 bits per heavy atom. The average Bonchev–Trinajstić information content (AvgIpc) is 2.42. The molecule has 0 spiro atoms. The van der Waals surface area contributed by atoms with Gasteiger partial charge in [-0.1, -0.05) is 6.07 Å². The van der Waals surface area contributed by atoms with Crippen molar-refractivity contribution in [1.29, 1.82) is 0 Å². The van der Waals surface area contributed by atoms with E-state index in [0.717, 1.165) is 5.56 Å². The van der Waals surface area contributed by atoms with Gasteiger partial charge in [0.05, 0.1) is 13.7 Å². The molecule has 0 saturated carbocycles. The van der Waals surface area contributed by atoms with Gasteiger partial charge in [-0.15, -0.1) is 0 Å². The second-order valence-electron chi connectivity index (χ2n) is 3.63. The Bertz CT molecular complexity index is 434. The number of urea groups is 1. The summed E-state index contributed by atoms with van der Waals surface area (Å²) in [6.45, 7) is -0.131. The van der Waals surface area contributed by atoms with Crippen LogP contribution >= 0.6 is 0 Å². The Kier molecular flexibility index (Phi) is 5.55. The Labute approximate surface area is 109 Å². The van der Waals surface area contributed by atoms with E-state index in [-0.39, 0.29) is 13.1 Å². The molecular weight excluding hydrogens is 254 g/mol. The molecule has 19 heavy (non-hydrogen) atoms. The predicted molar refractivity (Wildman–Crippen MR) is 64.7 cm³/mol. The van der Waals surface area contributed by atoms with Gasteiger partial charge in [-0.2, -0.15) is 0 Å². The number of carbonyl (C=O) groups is 2. The number of aromatic nitrogens is 1. The molecule has 0 aromatic carbocycles. The summed E-state index contributed by atoms with van der Waals surface area (Å²) in [5.41, 5.74) is 0.759. The third kappa shape index (κ3) is 5.21. The fourth-order valence-electron chi connectivity index (χ4n) is 1.16. The number of nitrogens with one attached hydrogen (secondary N) is 2. The summed E-state index contributed by atoms with van der Waals surface area (Å²) in [7, 11) is 1.50. The molecule has 0 fully saturated rings. The predicted octanol–water partition coefficient (Wildman–Crippen LogP) is -0.665. The van der Waals surface area contributed by atoms with E-state index in [1.54, 1.807) is 18.3 Å². The number of aliphatic hydroxyl groups excluding tert-OH is 1. The molecule has 1 aromatic rings. The van der Waals surface area contributed by atoms with Gasteiger partial charge in [0.15, 0.2) is 6.10 Å². The van der Waals surface area contributed by atoms with Crippen molar-refractivity contribution in [1.82, 2.24) is 15.6 Å². The van der Waals surface area contributed by atoms with Gasteiger partial charge >= 0.3 is 12.0 Å². The molecule has 0 radical (unpaired) electrons. The lowest BCUT2D eigenvalue weighted by atomic mass is 10.3. The molecule has 0 aliphatic carbocycles. The lowest BCUT2D eigenvalue weighted by molar-refractivity contribution is -0.146. The zero-order chi connectivity index (χ0) is 14.3. The maximum absolute atomic E-state index is 11.3.